The van der Waals surface area contributed by atoms with E-state index in [1.165, 1.54) is 13.2 Å². The number of hydrogen-bond acceptors (Lipinski definition) is 5. The second kappa shape index (κ2) is 6.76. The van der Waals surface area contributed by atoms with Gasteiger partial charge in [-0.15, -0.1) is 0 Å². The molecule has 0 unspecified atom stereocenters. The van der Waals surface area contributed by atoms with Crippen LogP contribution in [0.3, 0.4) is 0 Å². The van der Waals surface area contributed by atoms with Gasteiger partial charge in [0.25, 0.3) is 5.78 Å². The second-order valence-corrected chi connectivity index (χ2v) is 3.48. The van der Waals surface area contributed by atoms with Crippen LogP contribution in [0, 0.1) is 0 Å². The second-order valence-electron chi connectivity index (χ2n) is 3.48. The minimum Gasteiger partial charge on any atom is -0.496 e. The molecule has 1 aromatic carbocycles. The Hall–Kier alpha value is -1.88. The Labute approximate surface area is 106 Å². The Morgan fingerprint density at radius 1 is 1.22 bits per heavy atom. The van der Waals surface area contributed by atoms with Gasteiger partial charge in [-0.1, -0.05) is 12.1 Å². The minimum absolute atomic E-state index is 0.157. The zero-order valence-corrected chi connectivity index (χ0v) is 10.7. The average molecular weight is 252 g/mol. The van der Waals surface area contributed by atoms with Crippen LogP contribution in [0.4, 0.5) is 0 Å². The molecule has 0 bridgehead atoms. The maximum atomic E-state index is 11.9. The van der Waals surface area contributed by atoms with Crippen molar-refractivity contribution >= 4 is 11.8 Å². The van der Waals surface area contributed by atoms with Crippen LogP contribution in [-0.2, 0) is 20.9 Å². The van der Waals surface area contributed by atoms with Gasteiger partial charge in [-0.05, 0) is 13.0 Å². The molecular formula is C13H16O5. The van der Waals surface area contributed by atoms with Crippen molar-refractivity contribution in [3.63, 3.8) is 0 Å². The van der Waals surface area contributed by atoms with Crippen LogP contribution in [-0.4, -0.2) is 32.6 Å². The molecule has 0 aromatic heterocycles. The van der Waals surface area contributed by atoms with E-state index in [0.29, 0.717) is 17.9 Å². The standard InChI is InChI=1S/C13H16O5/c1-4-18-13(15)11(14)10-7-5-6-9(8-16-2)12(10)17-3/h5-7H,4,8H2,1-3H3. The van der Waals surface area contributed by atoms with E-state index >= 15 is 0 Å². The number of esters is 1. The number of hydrogen-bond donors (Lipinski definition) is 0. The first-order chi connectivity index (χ1) is 8.65. The maximum absolute atomic E-state index is 11.9. The highest BCUT2D eigenvalue weighted by atomic mass is 16.5. The molecule has 0 aliphatic heterocycles. The SMILES string of the molecule is CCOC(=O)C(=O)c1cccc(COC)c1OC. The number of carbonyl (C=O) groups excluding carboxylic acids is 2. The molecule has 18 heavy (non-hydrogen) atoms. The molecule has 0 N–H and O–H groups in total. The molecule has 0 spiro atoms. The molecule has 0 aliphatic rings. The monoisotopic (exact) mass is 252 g/mol. The molecule has 0 saturated carbocycles. The van der Waals surface area contributed by atoms with Gasteiger partial charge >= 0.3 is 5.97 Å². The highest BCUT2D eigenvalue weighted by Gasteiger charge is 2.23. The van der Waals surface area contributed by atoms with Crippen LogP contribution in [0.25, 0.3) is 0 Å². The number of benzene rings is 1. The van der Waals surface area contributed by atoms with Crippen molar-refractivity contribution in [3.8, 4) is 5.75 Å². The van der Waals surface area contributed by atoms with Gasteiger partial charge in [0.1, 0.15) is 5.75 Å². The summed E-state index contributed by atoms with van der Waals surface area (Å²) < 4.78 is 14.9. The van der Waals surface area contributed by atoms with Crippen molar-refractivity contribution in [2.75, 3.05) is 20.8 Å². The van der Waals surface area contributed by atoms with E-state index in [-0.39, 0.29) is 12.2 Å². The number of para-hydroxylation sites is 1. The van der Waals surface area contributed by atoms with Crippen molar-refractivity contribution in [1.29, 1.82) is 0 Å². The number of ether oxygens (including phenoxy) is 3. The first-order valence-electron chi connectivity index (χ1n) is 5.52. The zero-order chi connectivity index (χ0) is 13.5. The third-order valence-corrected chi connectivity index (χ3v) is 2.31. The van der Waals surface area contributed by atoms with Gasteiger partial charge in [0.15, 0.2) is 0 Å². The largest absolute Gasteiger partial charge is 0.496 e. The van der Waals surface area contributed by atoms with Crippen LogP contribution in [0.2, 0.25) is 0 Å². The lowest BCUT2D eigenvalue weighted by atomic mass is 10.1. The van der Waals surface area contributed by atoms with Gasteiger partial charge in [-0.3, -0.25) is 4.79 Å². The van der Waals surface area contributed by atoms with Crippen molar-refractivity contribution in [3.05, 3.63) is 29.3 Å². The van der Waals surface area contributed by atoms with Gasteiger partial charge in [0, 0.05) is 12.7 Å². The summed E-state index contributed by atoms with van der Waals surface area (Å²) in [4.78, 5) is 23.3. The lowest BCUT2D eigenvalue weighted by Gasteiger charge is -2.11. The Bertz CT molecular complexity index is 439. The normalized spacial score (nSPS) is 9.94. The summed E-state index contributed by atoms with van der Waals surface area (Å²) in [6.07, 6.45) is 0. The molecule has 0 amide bonds. The Balaban J connectivity index is 3.11. The van der Waals surface area contributed by atoms with Crippen LogP contribution in [0.15, 0.2) is 18.2 Å². The first kappa shape index (κ1) is 14.2. The zero-order valence-electron chi connectivity index (χ0n) is 10.7. The molecule has 1 rings (SSSR count). The molecule has 5 nitrogen and oxygen atoms in total. The molecule has 0 aliphatic carbocycles. The smallest absolute Gasteiger partial charge is 0.379 e. The van der Waals surface area contributed by atoms with E-state index in [0.717, 1.165) is 0 Å². The summed E-state index contributed by atoms with van der Waals surface area (Å²) in [5.41, 5.74) is 0.889. The van der Waals surface area contributed by atoms with Gasteiger partial charge < -0.3 is 14.2 Å². The topological polar surface area (TPSA) is 61.8 Å². The van der Waals surface area contributed by atoms with E-state index in [1.807, 2.05) is 0 Å². The van der Waals surface area contributed by atoms with Crippen LogP contribution in [0.5, 0.6) is 5.75 Å². The number of methoxy groups -OCH3 is 2. The summed E-state index contributed by atoms with van der Waals surface area (Å²) in [6, 6.07) is 4.96. The lowest BCUT2D eigenvalue weighted by Crippen LogP contribution is -2.18. The number of rotatable bonds is 6. The van der Waals surface area contributed by atoms with E-state index in [4.69, 9.17) is 9.47 Å². The lowest BCUT2D eigenvalue weighted by molar-refractivity contribution is -0.137. The van der Waals surface area contributed by atoms with Gasteiger partial charge in [-0.25, -0.2) is 4.79 Å². The predicted molar refractivity (Wildman–Crippen MR) is 64.7 cm³/mol. The molecule has 1 aromatic rings. The summed E-state index contributed by atoms with van der Waals surface area (Å²) >= 11 is 0. The predicted octanol–water partition coefficient (Wildman–Crippen LogP) is 1.59. The van der Waals surface area contributed by atoms with E-state index in [9.17, 15) is 9.59 Å². The molecule has 0 saturated heterocycles. The molecule has 0 atom stereocenters. The molecule has 0 fully saturated rings. The third-order valence-electron chi connectivity index (χ3n) is 2.31. The Morgan fingerprint density at radius 2 is 1.94 bits per heavy atom. The molecule has 0 heterocycles. The highest BCUT2D eigenvalue weighted by Crippen LogP contribution is 2.25. The van der Waals surface area contributed by atoms with Crippen molar-refractivity contribution in [1.82, 2.24) is 0 Å². The Morgan fingerprint density at radius 3 is 2.50 bits per heavy atom. The van der Waals surface area contributed by atoms with Crippen LogP contribution < -0.4 is 4.74 Å². The highest BCUT2D eigenvalue weighted by molar-refractivity contribution is 6.41. The van der Waals surface area contributed by atoms with E-state index in [1.54, 1.807) is 26.2 Å². The van der Waals surface area contributed by atoms with Crippen LogP contribution in [0.1, 0.15) is 22.8 Å². The average Bonchev–Trinajstić information content (AvgIpc) is 2.38. The summed E-state index contributed by atoms with van der Waals surface area (Å²) in [5.74, 6) is -1.26. The van der Waals surface area contributed by atoms with Crippen molar-refractivity contribution in [2.45, 2.75) is 13.5 Å². The van der Waals surface area contributed by atoms with Gasteiger partial charge in [-0.2, -0.15) is 0 Å². The summed E-state index contributed by atoms with van der Waals surface area (Å²) in [5, 5.41) is 0. The number of carbonyl (C=O) groups is 2. The molecule has 98 valence electrons. The van der Waals surface area contributed by atoms with E-state index in [2.05, 4.69) is 4.74 Å². The summed E-state index contributed by atoms with van der Waals surface area (Å²) in [6.45, 7) is 2.10. The summed E-state index contributed by atoms with van der Waals surface area (Å²) in [7, 11) is 2.98. The van der Waals surface area contributed by atoms with Crippen molar-refractivity contribution in [2.24, 2.45) is 0 Å². The maximum Gasteiger partial charge on any atom is 0.379 e. The fourth-order valence-electron chi connectivity index (χ4n) is 1.58. The third kappa shape index (κ3) is 3.07. The fraction of sp³-hybridized carbons (Fsp3) is 0.385. The first-order valence-corrected chi connectivity index (χ1v) is 5.52. The Kier molecular flexibility index (Phi) is 5.32. The minimum atomic E-state index is -0.884. The fourth-order valence-corrected chi connectivity index (χ4v) is 1.58. The quantitative estimate of drug-likeness (QED) is 0.437. The molecule has 0 radical (unpaired) electrons. The van der Waals surface area contributed by atoms with Crippen molar-refractivity contribution < 1.29 is 23.8 Å². The number of ketones is 1. The molecule has 5 heteroatoms. The number of Topliss-reactive ketones (excluding diaryl/α,β-unsaturated/α-hetero) is 1. The van der Waals surface area contributed by atoms with Crippen LogP contribution >= 0.6 is 0 Å². The van der Waals surface area contributed by atoms with E-state index < -0.39 is 11.8 Å². The van der Waals surface area contributed by atoms with Gasteiger partial charge in [0.05, 0.1) is 25.9 Å². The van der Waals surface area contributed by atoms with Gasteiger partial charge in [0.2, 0.25) is 0 Å². The molecular weight excluding hydrogens is 236 g/mol.